The van der Waals surface area contributed by atoms with E-state index in [4.69, 9.17) is 9.15 Å². The summed E-state index contributed by atoms with van der Waals surface area (Å²) in [6, 6.07) is 2.61. The standard InChI is InChI=1S/C14H17NO5/c1-14(2,18)6-5-9-3-4-12(20-9)13(17)15-10-7-19-8-11(10)16/h3-4,10-11,16,18H,7-8H2,1-2H3,(H,15,17)/t10-,11-/m0/s1. The van der Waals surface area contributed by atoms with Gasteiger partial charge in [0.25, 0.3) is 5.91 Å². The molecule has 2 rings (SSSR count). The Labute approximate surface area is 116 Å². The van der Waals surface area contributed by atoms with E-state index >= 15 is 0 Å². The van der Waals surface area contributed by atoms with Crippen molar-refractivity contribution in [3.8, 4) is 11.8 Å². The molecule has 0 aliphatic carbocycles. The molecule has 1 aromatic heterocycles. The molecule has 1 aliphatic heterocycles. The van der Waals surface area contributed by atoms with Gasteiger partial charge in [0.15, 0.2) is 11.5 Å². The van der Waals surface area contributed by atoms with Crippen molar-refractivity contribution in [3.63, 3.8) is 0 Å². The average molecular weight is 279 g/mol. The van der Waals surface area contributed by atoms with Gasteiger partial charge in [-0.25, -0.2) is 0 Å². The summed E-state index contributed by atoms with van der Waals surface area (Å²) in [5.74, 6) is 5.19. The zero-order chi connectivity index (χ0) is 14.8. The Morgan fingerprint density at radius 1 is 1.45 bits per heavy atom. The van der Waals surface area contributed by atoms with Gasteiger partial charge in [-0.2, -0.15) is 0 Å². The number of carbonyl (C=O) groups is 1. The van der Waals surface area contributed by atoms with Crippen LogP contribution in [-0.4, -0.2) is 47.1 Å². The number of aliphatic hydroxyl groups excluding tert-OH is 1. The van der Waals surface area contributed by atoms with Crippen LogP contribution in [0.3, 0.4) is 0 Å². The Hall–Kier alpha value is -1.81. The van der Waals surface area contributed by atoms with E-state index in [9.17, 15) is 15.0 Å². The van der Waals surface area contributed by atoms with Crippen molar-refractivity contribution >= 4 is 5.91 Å². The van der Waals surface area contributed by atoms with E-state index < -0.39 is 23.7 Å². The average Bonchev–Trinajstić information content (AvgIpc) is 2.96. The molecule has 0 unspecified atom stereocenters. The molecule has 0 saturated carbocycles. The minimum atomic E-state index is -1.12. The van der Waals surface area contributed by atoms with Gasteiger partial charge < -0.3 is 24.7 Å². The van der Waals surface area contributed by atoms with E-state index in [1.165, 1.54) is 6.07 Å². The van der Waals surface area contributed by atoms with Crippen LogP contribution in [0.15, 0.2) is 16.5 Å². The molecule has 1 saturated heterocycles. The van der Waals surface area contributed by atoms with Crippen molar-refractivity contribution in [3.05, 3.63) is 23.7 Å². The molecular weight excluding hydrogens is 262 g/mol. The molecule has 6 heteroatoms. The van der Waals surface area contributed by atoms with Crippen molar-refractivity contribution in [2.75, 3.05) is 13.2 Å². The highest BCUT2D eigenvalue weighted by atomic mass is 16.5. The molecule has 1 aromatic rings. The first-order valence-electron chi connectivity index (χ1n) is 6.27. The zero-order valence-corrected chi connectivity index (χ0v) is 11.3. The normalized spacial score (nSPS) is 22.2. The Kier molecular flexibility index (Phi) is 4.14. The molecule has 2 heterocycles. The number of hydrogen-bond acceptors (Lipinski definition) is 5. The minimum absolute atomic E-state index is 0.101. The molecule has 20 heavy (non-hydrogen) atoms. The van der Waals surface area contributed by atoms with E-state index in [1.807, 2.05) is 0 Å². The van der Waals surface area contributed by atoms with Gasteiger partial charge in [0.1, 0.15) is 5.60 Å². The minimum Gasteiger partial charge on any atom is -0.443 e. The third-order valence-electron chi connectivity index (χ3n) is 2.69. The highest BCUT2D eigenvalue weighted by molar-refractivity contribution is 5.91. The Morgan fingerprint density at radius 3 is 2.80 bits per heavy atom. The number of nitrogens with one attached hydrogen (secondary N) is 1. The van der Waals surface area contributed by atoms with Crippen LogP contribution in [-0.2, 0) is 4.74 Å². The predicted molar refractivity (Wildman–Crippen MR) is 70.0 cm³/mol. The fourth-order valence-electron chi connectivity index (χ4n) is 1.66. The molecule has 0 bridgehead atoms. The van der Waals surface area contributed by atoms with Gasteiger partial charge in [0.05, 0.1) is 25.4 Å². The van der Waals surface area contributed by atoms with Crippen LogP contribution >= 0.6 is 0 Å². The van der Waals surface area contributed by atoms with E-state index in [1.54, 1.807) is 19.9 Å². The number of amides is 1. The molecule has 0 radical (unpaired) electrons. The highest BCUT2D eigenvalue weighted by Gasteiger charge is 2.28. The largest absolute Gasteiger partial charge is 0.443 e. The molecule has 1 fully saturated rings. The molecule has 0 spiro atoms. The zero-order valence-electron chi connectivity index (χ0n) is 11.3. The van der Waals surface area contributed by atoms with Gasteiger partial charge in [0, 0.05) is 0 Å². The van der Waals surface area contributed by atoms with Crippen molar-refractivity contribution in [1.82, 2.24) is 5.32 Å². The number of furan rings is 1. The fourth-order valence-corrected chi connectivity index (χ4v) is 1.66. The summed E-state index contributed by atoms with van der Waals surface area (Å²) in [5.41, 5.74) is -1.12. The highest BCUT2D eigenvalue weighted by Crippen LogP contribution is 2.10. The maximum atomic E-state index is 11.9. The molecule has 108 valence electrons. The summed E-state index contributed by atoms with van der Waals surface area (Å²) in [6.45, 7) is 3.60. The number of rotatable bonds is 2. The van der Waals surface area contributed by atoms with Crippen LogP contribution in [0.4, 0.5) is 0 Å². The summed E-state index contributed by atoms with van der Waals surface area (Å²) in [7, 11) is 0. The van der Waals surface area contributed by atoms with Gasteiger partial charge >= 0.3 is 0 Å². The van der Waals surface area contributed by atoms with Crippen LogP contribution in [0.2, 0.25) is 0 Å². The molecule has 6 nitrogen and oxygen atoms in total. The third-order valence-corrected chi connectivity index (χ3v) is 2.69. The first-order valence-corrected chi connectivity index (χ1v) is 6.27. The Morgan fingerprint density at radius 2 is 2.20 bits per heavy atom. The monoisotopic (exact) mass is 279 g/mol. The second kappa shape index (κ2) is 5.67. The molecule has 1 aliphatic rings. The van der Waals surface area contributed by atoms with Crippen LogP contribution in [0.1, 0.15) is 30.2 Å². The van der Waals surface area contributed by atoms with Crippen LogP contribution in [0.25, 0.3) is 0 Å². The van der Waals surface area contributed by atoms with Crippen molar-refractivity contribution in [1.29, 1.82) is 0 Å². The van der Waals surface area contributed by atoms with Crippen LogP contribution in [0.5, 0.6) is 0 Å². The maximum absolute atomic E-state index is 11.9. The van der Waals surface area contributed by atoms with Crippen molar-refractivity contribution in [2.24, 2.45) is 0 Å². The molecule has 1 amide bonds. The van der Waals surface area contributed by atoms with Crippen molar-refractivity contribution in [2.45, 2.75) is 31.6 Å². The lowest BCUT2D eigenvalue weighted by molar-refractivity contribution is 0.0859. The first-order chi connectivity index (χ1) is 9.35. The van der Waals surface area contributed by atoms with Gasteiger partial charge in [-0.1, -0.05) is 5.92 Å². The number of ether oxygens (including phenoxy) is 1. The summed E-state index contributed by atoms with van der Waals surface area (Å²) >= 11 is 0. The van der Waals surface area contributed by atoms with E-state index in [0.717, 1.165) is 0 Å². The van der Waals surface area contributed by atoms with Crippen molar-refractivity contribution < 1.29 is 24.2 Å². The second-order valence-corrected chi connectivity index (χ2v) is 5.16. The van der Waals surface area contributed by atoms with Gasteiger partial charge in [0.2, 0.25) is 0 Å². The lowest BCUT2D eigenvalue weighted by Crippen LogP contribution is -2.42. The maximum Gasteiger partial charge on any atom is 0.287 e. The first kappa shape index (κ1) is 14.6. The lowest BCUT2D eigenvalue weighted by atomic mass is 10.1. The number of carbonyl (C=O) groups excluding carboxylic acids is 1. The Balaban J connectivity index is 2.01. The predicted octanol–water partition coefficient (Wildman–Crippen LogP) is -0.108. The third kappa shape index (κ3) is 3.84. The molecule has 0 aromatic carbocycles. The van der Waals surface area contributed by atoms with Crippen LogP contribution < -0.4 is 5.32 Å². The lowest BCUT2D eigenvalue weighted by Gasteiger charge is -2.12. The summed E-state index contributed by atoms with van der Waals surface area (Å²) in [4.78, 5) is 11.9. The topological polar surface area (TPSA) is 91.9 Å². The van der Waals surface area contributed by atoms with E-state index in [0.29, 0.717) is 5.76 Å². The summed E-state index contributed by atoms with van der Waals surface area (Å²) < 4.78 is 10.3. The van der Waals surface area contributed by atoms with Gasteiger partial charge in [-0.3, -0.25) is 4.79 Å². The van der Waals surface area contributed by atoms with Crippen LogP contribution in [0, 0.1) is 11.8 Å². The quantitative estimate of drug-likeness (QED) is 0.657. The fraction of sp³-hybridized carbons (Fsp3) is 0.500. The second-order valence-electron chi connectivity index (χ2n) is 5.16. The van der Waals surface area contributed by atoms with Gasteiger partial charge in [-0.15, -0.1) is 0 Å². The van der Waals surface area contributed by atoms with Gasteiger partial charge in [-0.05, 0) is 31.9 Å². The molecule has 3 N–H and O–H groups in total. The molecule has 2 atom stereocenters. The molecular formula is C14H17NO5. The SMILES string of the molecule is CC(C)(O)C#Cc1ccc(C(=O)N[C@H]2COC[C@@H]2O)o1. The number of aliphatic hydroxyl groups is 2. The summed E-state index contributed by atoms with van der Waals surface area (Å²) in [5, 5.41) is 21.6. The van der Waals surface area contributed by atoms with E-state index in [-0.39, 0.29) is 19.0 Å². The smallest absolute Gasteiger partial charge is 0.287 e. The van der Waals surface area contributed by atoms with E-state index in [2.05, 4.69) is 17.2 Å². The Bertz CT molecular complexity index is 546. The summed E-state index contributed by atoms with van der Waals surface area (Å²) in [6.07, 6.45) is -0.705. The number of hydrogen-bond donors (Lipinski definition) is 3.